The van der Waals surface area contributed by atoms with Crippen molar-refractivity contribution in [1.82, 2.24) is 5.32 Å². The van der Waals surface area contributed by atoms with E-state index in [2.05, 4.69) is 55.6 Å². The molecule has 0 aromatic rings. The minimum Gasteiger partial charge on any atom is -0.466 e. The van der Waals surface area contributed by atoms with E-state index < -0.39 is 12.1 Å². The number of allylic oxidation sites excluding steroid dienone is 6. The smallest absolute Gasteiger partial charge is 0.305 e. The molecule has 0 heterocycles. The van der Waals surface area contributed by atoms with Gasteiger partial charge in [-0.2, -0.15) is 0 Å². The maximum absolute atomic E-state index is 12.6. The van der Waals surface area contributed by atoms with Gasteiger partial charge < -0.3 is 20.3 Å². The van der Waals surface area contributed by atoms with Crippen molar-refractivity contribution in [2.24, 2.45) is 0 Å². The first-order valence-corrected chi connectivity index (χ1v) is 38.2. The van der Waals surface area contributed by atoms with Gasteiger partial charge in [0.05, 0.1) is 25.4 Å². The van der Waals surface area contributed by atoms with Crippen LogP contribution in [0.2, 0.25) is 0 Å². The number of esters is 1. The zero-order chi connectivity index (χ0) is 60.6. The van der Waals surface area contributed by atoms with Crippen molar-refractivity contribution < 1.29 is 24.5 Å². The Bertz CT molecular complexity index is 1360. The summed E-state index contributed by atoms with van der Waals surface area (Å²) in [6.45, 7) is 4.93. The fraction of sp³-hybridized carbons (Fsp3) is 0.897. The molecule has 0 aromatic heterocycles. The number of hydrogen-bond donors (Lipinski definition) is 3. The molecule has 1 amide bonds. The molecule has 3 N–H and O–H groups in total. The highest BCUT2D eigenvalue weighted by Gasteiger charge is 2.20. The Morgan fingerprint density at radius 2 is 0.619 bits per heavy atom. The standard InChI is InChI=1S/C78H149NO5/c1-3-5-7-9-11-13-15-17-18-19-20-21-22-31-34-37-40-43-47-50-54-58-62-66-70-76(81)75(74-80)79-77(82)71-67-63-59-55-51-48-44-41-38-35-32-29-27-25-23-24-26-28-30-33-36-39-42-45-49-53-57-61-65-69-73-84-78(83)72-68-64-60-56-52-46-16-14-12-10-8-6-4-2/h8,10,14,16,24,26,75-76,80-81H,3-7,9,11-13,15,17-23,25,27-74H2,1-2H3,(H,79,82)/b10-8-,16-14-,26-24-. The second kappa shape index (κ2) is 73.5. The highest BCUT2D eigenvalue weighted by atomic mass is 16.5. The molecule has 0 aliphatic carbocycles. The summed E-state index contributed by atoms with van der Waals surface area (Å²) in [5.74, 6) is -0.0261. The van der Waals surface area contributed by atoms with Crippen LogP contribution in [0.4, 0.5) is 0 Å². The molecule has 2 atom stereocenters. The summed E-state index contributed by atoms with van der Waals surface area (Å²) in [5, 5.41) is 23.5. The van der Waals surface area contributed by atoms with E-state index in [4.69, 9.17) is 4.74 Å². The lowest BCUT2D eigenvalue weighted by atomic mass is 10.0. The molecule has 6 nitrogen and oxygen atoms in total. The highest BCUT2D eigenvalue weighted by molar-refractivity contribution is 5.76. The minimum atomic E-state index is -0.665. The highest BCUT2D eigenvalue weighted by Crippen LogP contribution is 2.19. The van der Waals surface area contributed by atoms with Crippen LogP contribution in [0.25, 0.3) is 0 Å². The number of nitrogens with one attached hydrogen (secondary N) is 1. The van der Waals surface area contributed by atoms with Crippen molar-refractivity contribution in [3.8, 4) is 0 Å². The molecule has 0 saturated heterocycles. The first-order chi connectivity index (χ1) is 41.5. The van der Waals surface area contributed by atoms with E-state index in [0.717, 1.165) is 51.4 Å². The molecular formula is C78H149NO5. The Balaban J connectivity index is 3.37. The number of amides is 1. The van der Waals surface area contributed by atoms with Gasteiger partial charge in [0, 0.05) is 12.8 Å². The van der Waals surface area contributed by atoms with Crippen molar-refractivity contribution in [3.63, 3.8) is 0 Å². The fourth-order valence-corrected chi connectivity index (χ4v) is 12.1. The number of carbonyl (C=O) groups excluding carboxylic acids is 2. The molecule has 0 saturated carbocycles. The molecule has 496 valence electrons. The van der Waals surface area contributed by atoms with Gasteiger partial charge in [-0.1, -0.05) is 371 Å². The molecule has 2 unspecified atom stereocenters. The van der Waals surface area contributed by atoms with Gasteiger partial charge in [-0.3, -0.25) is 9.59 Å². The monoisotopic (exact) mass is 1180 g/mol. The second-order valence-corrected chi connectivity index (χ2v) is 26.3. The fourth-order valence-electron chi connectivity index (χ4n) is 12.1. The van der Waals surface area contributed by atoms with Gasteiger partial charge in [0.15, 0.2) is 0 Å². The third-order valence-corrected chi connectivity index (χ3v) is 17.9. The molecular weight excluding hydrogens is 1030 g/mol. The van der Waals surface area contributed by atoms with Crippen LogP contribution < -0.4 is 5.32 Å². The average Bonchev–Trinajstić information content (AvgIpc) is 3.51. The minimum absolute atomic E-state index is 0.00231. The van der Waals surface area contributed by atoms with Crippen LogP contribution in [-0.2, 0) is 14.3 Å². The second-order valence-electron chi connectivity index (χ2n) is 26.3. The van der Waals surface area contributed by atoms with Crippen LogP contribution in [0.3, 0.4) is 0 Å². The first-order valence-electron chi connectivity index (χ1n) is 38.2. The molecule has 0 rings (SSSR count). The van der Waals surface area contributed by atoms with E-state index >= 15 is 0 Å². The van der Waals surface area contributed by atoms with Crippen molar-refractivity contribution >= 4 is 11.9 Å². The van der Waals surface area contributed by atoms with E-state index in [1.54, 1.807) is 0 Å². The van der Waals surface area contributed by atoms with Gasteiger partial charge in [-0.05, 0) is 77.0 Å². The third kappa shape index (κ3) is 69.2. The van der Waals surface area contributed by atoms with E-state index in [1.165, 1.54) is 340 Å². The number of ether oxygens (including phenoxy) is 1. The van der Waals surface area contributed by atoms with Crippen LogP contribution in [0.5, 0.6) is 0 Å². The lowest BCUT2D eigenvalue weighted by molar-refractivity contribution is -0.143. The van der Waals surface area contributed by atoms with Crippen LogP contribution in [-0.4, -0.2) is 47.4 Å². The van der Waals surface area contributed by atoms with Crippen LogP contribution >= 0.6 is 0 Å². The molecule has 0 radical (unpaired) electrons. The van der Waals surface area contributed by atoms with Crippen LogP contribution in [0.15, 0.2) is 36.5 Å². The molecule has 6 heteroatoms. The Morgan fingerprint density at radius 1 is 0.333 bits per heavy atom. The Kier molecular flexibility index (Phi) is 71.9. The van der Waals surface area contributed by atoms with Gasteiger partial charge in [0.25, 0.3) is 0 Å². The van der Waals surface area contributed by atoms with Gasteiger partial charge in [0.2, 0.25) is 5.91 Å². The van der Waals surface area contributed by atoms with E-state index in [1.807, 2.05) is 0 Å². The summed E-state index contributed by atoms with van der Waals surface area (Å²) < 4.78 is 5.48. The van der Waals surface area contributed by atoms with Crippen molar-refractivity contribution in [3.05, 3.63) is 36.5 Å². The Morgan fingerprint density at radius 3 is 0.964 bits per heavy atom. The summed E-state index contributed by atoms with van der Waals surface area (Å²) in [4.78, 5) is 24.6. The molecule has 0 fully saturated rings. The molecule has 0 spiro atoms. The summed E-state index contributed by atoms with van der Waals surface area (Å²) in [7, 11) is 0. The van der Waals surface area contributed by atoms with Crippen molar-refractivity contribution in [2.75, 3.05) is 13.2 Å². The first kappa shape index (κ1) is 82.1. The van der Waals surface area contributed by atoms with Crippen LogP contribution in [0.1, 0.15) is 425 Å². The van der Waals surface area contributed by atoms with Crippen LogP contribution in [0, 0.1) is 0 Å². The normalized spacial score (nSPS) is 12.7. The topological polar surface area (TPSA) is 95.9 Å². The number of rotatable bonds is 72. The summed E-state index contributed by atoms with van der Waals surface area (Å²) >= 11 is 0. The largest absolute Gasteiger partial charge is 0.466 e. The average molecular weight is 1180 g/mol. The summed E-state index contributed by atoms with van der Waals surface area (Å²) in [6, 6.07) is -0.542. The van der Waals surface area contributed by atoms with E-state index in [0.29, 0.717) is 25.9 Å². The molecule has 0 bridgehead atoms. The zero-order valence-corrected chi connectivity index (χ0v) is 56.9. The number of aliphatic hydroxyl groups is 2. The lowest BCUT2D eigenvalue weighted by Gasteiger charge is -2.22. The van der Waals surface area contributed by atoms with E-state index in [9.17, 15) is 19.8 Å². The van der Waals surface area contributed by atoms with Crippen molar-refractivity contribution in [1.29, 1.82) is 0 Å². The predicted molar refractivity (Wildman–Crippen MR) is 370 cm³/mol. The SMILES string of the molecule is CCC/C=C\C/C=C\CCCCCCCC(=O)OCCCCCCCCCCCCCC/C=C\CCCCCCCCCCCCCCCCC(=O)NC(CO)C(O)CCCCCCCCCCCCCCCCCCCCCCCCCC. The van der Waals surface area contributed by atoms with Crippen molar-refractivity contribution in [2.45, 2.75) is 437 Å². The third-order valence-electron chi connectivity index (χ3n) is 17.9. The predicted octanol–water partition coefficient (Wildman–Crippen LogP) is 25.0. The summed E-state index contributed by atoms with van der Waals surface area (Å²) in [5.41, 5.74) is 0. The van der Waals surface area contributed by atoms with Gasteiger partial charge in [-0.15, -0.1) is 0 Å². The zero-order valence-electron chi connectivity index (χ0n) is 56.9. The number of hydrogen-bond acceptors (Lipinski definition) is 5. The maximum atomic E-state index is 12.6. The molecule has 84 heavy (non-hydrogen) atoms. The van der Waals surface area contributed by atoms with Gasteiger partial charge in [-0.25, -0.2) is 0 Å². The van der Waals surface area contributed by atoms with Gasteiger partial charge in [0.1, 0.15) is 0 Å². The quantitative estimate of drug-likeness (QED) is 0.0320. The Labute approximate surface area is 525 Å². The maximum Gasteiger partial charge on any atom is 0.305 e. The number of aliphatic hydroxyl groups excluding tert-OH is 2. The van der Waals surface area contributed by atoms with E-state index in [-0.39, 0.29) is 18.5 Å². The van der Waals surface area contributed by atoms with Gasteiger partial charge >= 0.3 is 5.97 Å². The molecule has 0 aromatic carbocycles. The molecule has 0 aliphatic rings. The summed E-state index contributed by atoms with van der Waals surface area (Å²) in [6.07, 6.45) is 95.1. The molecule has 0 aliphatic heterocycles. The number of unbranched alkanes of at least 4 members (excludes halogenated alkanes) is 55. The number of carbonyl (C=O) groups is 2. The Hall–Kier alpha value is -1.92. The lowest BCUT2D eigenvalue weighted by Crippen LogP contribution is -2.45.